The largest absolute Gasteiger partial charge is 0.377 e. The first-order chi connectivity index (χ1) is 12.4. The van der Waals surface area contributed by atoms with E-state index in [9.17, 15) is 13.2 Å². The van der Waals surface area contributed by atoms with Crippen LogP contribution in [0.4, 0.5) is 5.13 Å². The molecule has 1 atom stereocenters. The molecule has 0 saturated carbocycles. The van der Waals surface area contributed by atoms with Gasteiger partial charge in [0.25, 0.3) is 0 Å². The molecule has 0 radical (unpaired) electrons. The third kappa shape index (κ3) is 4.67. The van der Waals surface area contributed by atoms with Crippen LogP contribution in [0, 0.1) is 6.92 Å². The average Bonchev–Trinajstić information content (AvgIpc) is 3.27. The lowest BCUT2D eigenvalue weighted by molar-refractivity contribution is -0.116. The number of benzene rings is 1. The zero-order valence-corrected chi connectivity index (χ0v) is 16.1. The zero-order valence-electron chi connectivity index (χ0n) is 14.4. The number of ether oxygens (including phenoxy) is 1. The molecule has 1 aromatic carbocycles. The highest BCUT2D eigenvalue weighted by Gasteiger charge is 2.30. The molecule has 1 saturated heterocycles. The second kappa shape index (κ2) is 8.26. The van der Waals surface area contributed by atoms with Crippen molar-refractivity contribution in [1.82, 2.24) is 9.29 Å². The summed E-state index contributed by atoms with van der Waals surface area (Å²) in [5.74, 6) is -0.420. The lowest BCUT2D eigenvalue weighted by Crippen LogP contribution is -2.42. The molecule has 1 aromatic heterocycles. The topological polar surface area (TPSA) is 88.6 Å². The van der Waals surface area contributed by atoms with Crippen molar-refractivity contribution < 1.29 is 17.9 Å². The number of carbonyl (C=O) groups is 1. The summed E-state index contributed by atoms with van der Waals surface area (Å²) in [6, 6.07) is 8.13. The molecule has 1 aliphatic rings. The van der Waals surface area contributed by atoms with Crippen LogP contribution in [0.25, 0.3) is 0 Å². The summed E-state index contributed by atoms with van der Waals surface area (Å²) in [6.07, 6.45) is 1.49. The van der Waals surface area contributed by atoms with Gasteiger partial charge in [-0.15, -0.1) is 11.3 Å². The highest BCUT2D eigenvalue weighted by molar-refractivity contribution is 7.89. The Morgan fingerprint density at radius 3 is 2.77 bits per heavy atom. The Hall–Kier alpha value is -1.81. The minimum Gasteiger partial charge on any atom is -0.377 e. The van der Waals surface area contributed by atoms with Crippen LogP contribution >= 0.6 is 11.3 Å². The molecule has 1 amide bonds. The molecule has 2 aromatic rings. The number of thiazole rings is 1. The normalized spacial score (nSPS) is 17.5. The Morgan fingerprint density at radius 2 is 2.15 bits per heavy atom. The molecule has 7 nitrogen and oxygen atoms in total. The first kappa shape index (κ1) is 19.0. The highest BCUT2D eigenvalue weighted by atomic mass is 32.2. The van der Waals surface area contributed by atoms with Crippen LogP contribution in [0.15, 0.2) is 40.6 Å². The maximum atomic E-state index is 13.0. The van der Waals surface area contributed by atoms with Crippen molar-refractivity contribution in [3.8, 4) is 0 Å². The van der Waals surface area contributed by atoms with Gasteiger partial charge >= 0.3 is 0 Å². The molecule has 1 fully saturated rings. The van der Waals surface area contributed by atoms with Crippen LogP contribution in [0.2, 0.25) is 0 Å². The van der Waals surface area contributed by atoms with E-state index in [-0.39, 0.29) is 24.1 Å². The number of nitrogens with zero attached hydrogens (tertiary/aromatic N) is 2. The minimum absolute atomic E-state index is 0.154. The third-order valence-electron chi connectivity index (χ3n) is 4.00. The molecule has 9 heteroatoms. The molecule has 1 unspecified atom stereocenters. The quantitative estimate of drug-likeness (QED) is 0.777. The fraction of sp³-hybridized carbons (Fsp3) is 0.412. The number of hydrogen-bond donors (Lipinski definition) is 1. The highest BCUT2D eigenvalue weighted by Crippen LogP contribution is 2.20. The van der Waals surface area contributed by atoms with Crippen molar-refractivity contribution in [2.75, 3.05) is 25.0 Å². The molecular weight excluding hydrogens is 374 g/mol. The number of amides is 1. The minimum atomic E-state index is -3.80. The summed E-state index contributed by atoms with van der Waals surface area (Å²) < 4.78 is 32.7. The van der Waals surface area contributed by atoms with Gasteiger partial charge in [-0.2, -0.15) is 4.31 Å². The smallest absolute Gasteiger partial charge is 0.243 e. The van der Waals surface area contributed by atoms with Crippen molar-refractivity contribution >= 4 is 32.4 Å². The van der Waals surface area contributed by atoms with Gasteiger partial charge in [-0.1, -0.05) is 18.2 Å². The maximum Gasteiger partial charge on any atom is 0.243 e. The van der Waals surface area contributed by atoms with E-state index in [1.807, 2.05) is 12.3 Å². The summed E-state index contributed by atoms with van der Waals surface area (Å²) >= 11 is 1.31. The van der Waals surface area contributed by atoms with Gasteiger partial charge in [0.2, 0.25) is 15.9 Å². The molecule has 1 aliphatic heterocycles. The van der Waals surface area contributed by atoms with Crippen LogP contribution in [-0.2, 0) is 19.6 Å². The molecule has 0 bridgehead atoms. The molecule has 0 spiro atoms. The number of rotatable bonds is 7. The molecular formula is C17H21N3O4S2. The maximum absolute atomic E-state index is 13.0. The third-order valence-corrected chi connectivity index (χ3v) is 6.70. The number of nitrogens with one attached hydrogen (secondary N) is 1. The lowest BCUT2D eigenvalue weighted by atomic mass is 10.2. The van der Waals surface area contributed by atoms with Crippen molar-refractivity contribution in [3.05, 3.63) is 41.4 Å². The van der Waals surface area contributed by atoms with Gasteiger partial charge in [0.1, 0.15) is 0 Å². The molecule has 140 valence electrons. The average molecular weight is 396 g/mol. The van der Waals surface area contributed by atoms with Crippen LogP contribution in [-0.4, -0.2) is 49.4 Å². The molecule has 26 heavy (non-hydrogen) atoms. The van der Waals surface area contributed by atoms with E-state index in [0.29, 0.717) is 11.7 Å². The summed E-state index contributed by atoms with van der Waals surface area (Å²) in [7, 11) is -3.80. The number of hydrogen-bond acceptors (Lipinski definition) is 6. The molecule has 3 rings (SSSR count). The first-order valence-electron chi connectivity index (χ1n) is 8.34. The van der Waals surface area contributed by atoms with Gasteiger partial charge in [-0.05, 0) is 31.9 Å². The second-order valence-electron chi connectivity index (χ2n) is 6.09. The number of anilines is 1. The first-order valence-corrected chi connectivity index (χ1v) is 10.7. The lowest BCUT2D eigenvalue weighted by Gasteiger charge is -2.24. The van der Waals surface area contributed by atoms with Crippen molar-refractivity contribution in [2.24, 2.45) is 0 Å². The van der Waals surface area contributed by atoms with Crippen LogP contribution in [0.3, 0.4) is 0 Å². The number of carbonyl (C=O) groups excluding carboxylic acids is 1. The summed E-state index contributed by atoms with van der Waals surface area (Å²) in [5, 5.41) is 4.94. The van der Waals surface area contributed by atoms with Crippen LogP contribution in [0.1, 0.15) is 18.5 Å². The van der Waals surface area contributed by atoms with E-state index < -0.39 is 15.9 Å². The van der Waals surface area contributed by atoms with E-state index in [1.54, 1.807) is 18.2 Å². The van der Waals surface area contributed by atoms with Gasteiger partial charge in [0, 0.05) is 18.5 Å². The molecule has 2 heterocycles. The monoisotopic (exact) mass is 395 g/mol. The predicted molar refractivity (Wildman–Crippen MR) is 99.7 cm³/mol. The predicted octanol–water partition coefficient (Wildman–Crippen LogP) is 2.26. The van der Waals surface area contributed by atoms with Gasteiger partial charge < -0.3 is 10.1 Å². The van der Waals surface area contributed by atoms with Crippen molar-refractivity contribution in [2.45, 2.75) is 30.8 Å². The Kier molecular flexibility index (Phi) is 6.02. The van der Waals surface area contributed by atoms with Crippen molar-refractivity contribution in [3.63, 3.8) is 0 Å². The van der Waals surface area contributed by atoms with E-state index >= 15 is 0 Å². The summed E-state index contributed by atoms with van der Waals surface area (Å²) in [4.78, 5) is 16.7. The van der Waals surface area contributed by atoms with E-state index in [0.717, 1.165) is 18.5 Å². The Labute approximate surface area is 157 Å². The van der Waals surface area contributed by atoms with E-state index in [4.69, 9.17) is 4.74 Å². The Bertz CT molecular complexity index is 846. The van der Waals surface area contributed by atoms with Crippen LogP contribution < -0.4 is 5.32 Å². The fourth-order valence-electron chi connectivity index (χ4n) is 2.73. The van der Waals surface area contributed by atoms with Gasteiger partial charge in [0.15, 0.2) is 5.13 Å². The molecule has 1 N–H and O–H groups in total. The van der Waals surface area contributed by atoms with Gasteiger partial charge in [-0.3, -0.25) is 4.79 Å². The Morgan fingerprint density at radius 1 is 1.38 bits per heavy atom. The second-order valence-corrected chi connectivity index (χ2v) is 8.88. The Balaban J connectivity index is 1.77. The van der Waals surface area contributed by atoms with Gasteiger partial charge in [-0.25, -0.2) is 13.4 Å². The number of aromatic nitrogens is 1. The number of aryl methyl sites for hydroxylation is 1. The van der Waals surface area contributed by atoms with Gasteiger partial charge in [0.05, 0.1) is 23.2 Å². The van der Waals surface area contributed by atoms with Crippen molar-refractivity contribution in [1.29, 1.82) is 0 Å². The standard InChI is InChI=1S/C17H21N3O4S2/c1-13-12-25-17(18-13)19-16(21)11-20(10-14-6-5-9-24-14)26(22,23)15-7-3-2-4-8-15/h2-4,7-8,12,14H,5-6,9-11H2,1H3,(H,18,19,21). The summed E-state index contributed by atoms with van der Waals surface area (Å²) in [6.45, 7) is 2.32. The van der Waals surface area contributed by atoms with Crippen LogP contribution in [0.5, 0.6) is 0 Å². The molecule has 0 aliphatic carbocycles. The van der Waals surface area contributed by atoms with E-state index in [1.165, 1.54) is 27.8 Å². The zero-order chi connectivity index (χ0) is 18.6. The SMILES string of the molecule is Cc1csc(NC(=O)CN(CC2CCCO2)S(=O)(=O)c2ccccc2)n1. The summed E-state index contributed by atoms with van der Waals surface area (Å²) in [5.41, 5.74) is 0.804. The fourth-order valence-corrected chi connectivity index (χ4v) is 4.89. The number of sulfonamides is 1. The van der Waals surface area contributed by atoms with E-state index in [2.05, 4.69) is 10.3 Å².